The number of hydrogen-bond acceptors (Lipinski definition) is 5. The highest BCUT2D eigenvalue weighted by Crippen LogP contribution is 2.50. The number of fused-ring (bicyclic) bond motifs is 2. The molecule has 1 unspecified atom stereocenters. The molecule has 1 heterocycles. The molecule has 0 bridgehead atoms. The number of anilines is 3. The number of nitrogens with zero attached hydrogens (tertiary/aromatic N) is 1. The lowest BCUT2D eigenvalue weighted by Gasteiger charge is -2.31. The number of rotatable bonds is 7. The van der Waals surface area contributed by atoms with Gasteiger partial charge in [-0.05, 0) is 61.9 Å². The van der Waals surface area contributed by atoms with Gasteiger partial charge in [-0.15, -0.1) is 0 Å². The van der Waals surface area contributed by atoms with Gasteiger partial charge >= 0.3 is 5.97 Å². The number of methoxy groups -OCH3 is 1. The molecule has 5 nitrogen and oxygen atoms in total. The first-order chi connectivity index (χ1) is 18.0. The van der Waals surface area contributed by atoms with E-state index in [-0.39, 0.29) is 11.9 Å². The van der Waals surface area contributed by atoms with E-state index in [2.05, 4.69) is 48.3 Å². The number of hydrogen-bond donors (Lipinski definition) is 1. The fraction of sp³-hybridized carbons (Fsp3) is 0.194. The summed E-state index contributed by atoms with van der Waals surface area (Å²) < 4.78 is 11.6. The molecule has 6 heteroatoms. The summed E-state index contributed by atoms with van der Waals surface area (Å²) in [5.74, 6) is 0.940. The van der Waals surface area contributed by atoms with Crippen LogP contribution in [0.15, 0.2) is 84.9 Å². The van der Waals surface area contributed by atoms with E-state index in [4.69, 9.17) is 21.1 Å². The van der Waals surface area contributed by atoms with Crippen LogP contribution in [0.3, 0.4) is 0 Å². The van der Waals surface area contributed by atoms with Crippen LogP contribution in [0.5, 0.6) is 11.5 Å². The van der Waals surface area contributed by atoms with Gasteiger partial charge in [-0.3, -0.25) is 0 Å². The van der Waals surface area contributed by atoms with Crippen molar-refractivity contribution in [3.05, 3.63) is 112 Å². The van der Waals surface area contributed by atoms with Crippen molar-refractivity contribution >= 4 is 34.6 Å². The van der Waals surface area contributed by atoms with Crippen LogP contribution in [0.4, 0.5) is 17.1 Å². The highest BCUT2D eigenvalue weighted by atomic mass is 35.5. The van der Waals surface area contributed by atoms with E-state index in [1.807, 2.05) is 60.7 Å². The zero-order chi connectivity index (χ0) is 25.9. The summed E-state index contributed by atoms with van der Waals surface area (Å²) in [6.45, 7) is 6.08. The summed E-state index contributed by atoms with van der Waals surface area (Å²) >= 11 is 6.40. The van der Waals surface area contributed by atoms with Crippen molar-refractivity contribution in [3.63, 3.8) is 0 Å². The molecule has 4 aromatic carbocycles. The Bertz CT molecular complexity index is 1450. The minimum atomic E-state index is -0.365. The smallest absolute Gasteiger partial charge is 0.338 e. The van der Waals surface area contributed by atoms with Crippen LogP contribution in [-0.4, -0.2) is 26.2 Å². The van der Waals surface area contributed by atoms with Gasteiger partial charge in [-0.25, -0.2) is 4.79 Å². The quantitative estimate of drug-likeness (QED) is 0.224. The lowest BCUT2D eigenvalue weighted by molar-refractivity contribution is 0.0599. The lowest BCUT2D eigenvalue weighted by Crippen LogP contribution is -2.22. The Morgan fingerprint density at radius 1 is 0.892 bits per heavy atom. The Morgan fingerprint density at radius 3 is 2.41 bits per heavy atom. The van der Waals surface area contributed by atoms with Gasteiger partial charge < -0.3 is 19.7 Å². The summed E-state index contributed by atoms with van der Waals surface area (Å²) in [6.07, 6.45) is 0. The summed E-state index contributed by atoms with van der Waals surface area (Å²) in [5.41, 5.74) is 6.14. The van der Waals surface area contributed by atoms with Crippen LogP contribution in [-0.2, 0) is 4.74 Å². The van der Waals surface area contributed by atoms with E-state index in [0.717, 1.165) is 58.3 Å². The first kappa shape index (κ1) is 24.7. The molecule has 4 aromatic rings. The maximum absolute atomic E-state index is 12.8. The van der Waals surface area contributed by atoms with Crippen molar-refractivity contribution in [3.8, 4) is 11.5 Å². The van der Waals surface area contributed by atoms with Gasteiger partial charge in [0.15, 0.2) is 0 Å². The van der Waals surface area contributed by atoms with Crippen molar-refractivity contribution in [1.29, 1.82) is 0 Å². The zero-order valence-corrected chi connectivity index (χ0v) is 21.9. The van der Waals surface area contributed by atoms with Crippen molar-refractivity contribution in [2.75, 3.05) is 30.4 Å². The van der Waals surface area contributed by atoms with E-state index in [1.165, 1.54) is 7.11 Å². The summed E-state index contributed by atoms with van der Waals surface area (Å²) in [6, 6.07) is 27.6. The summed E-state index contributed by atoms with van der Waals surface area (Å²) in [7, 11) is 1.41. The molecule has 0 spiro atoms. The van der Waals surface area contributed by atoms with E-state index >= 15 is 0 Å². The molecule has 1 atom stereocenters. The maximum Gasteiger partial charge on any atom is 0.338 e. The second-order valence-electron chi connectivity index (χ2n) is 8.87. The van der Waals surface area contributed by atoms with Gasteiger partial charge in [0.1, 0.15) is 11.5 Å². The number of halogens is 1. The maximum atomic E-state index is 12.8. The number of carbonyl (C=O) groups is 1. The third-order valence-electron chi connectivity index (χ3n) is 6.81. The molecular weight excluding hydrogens is 484 g/mol. The van der Waals surface area contributed by atoms with Crippen LogP contribution in [0.2, 0.25) is 5.02 Å². The minimum Gasteiger partial charge on any atom is -0.465 e. The van der Waals surface area contributed by atoms with Gasteiger partial charge in [-0.2, -0.15) is 0 Å². The van der Waals surface area contributed by atoms with Crippen LogP contribution in [0.25, 0.3) is 0 Å². The van der Waals surface area contributed by atoms with Crippen LogP contribution in [0.1, 0.15) is 46.8 Å². The Kier molecular flexibility index (Phi) is 7.06. The molecule has 1 aliphatic heterocycles. The van der Waals surface area contributed by atoms with Crippen LogP contribution < -0.4 is 15.0 Å². The van der Waals surface area contributed by atoms with Gasteiger partial charge in [0.25, 0.3) is 0 Å². The lowest BCUT2D eigenvalue weighted by atomic mass is 9.80. The molecule has 37 heavy (non-hydrogen) atoms. The first-order valence-electron chi connectivity index (χ1n) is 12.4. The molecule has 0 aliphatic carbocycles. The Labute approximate surface area is 222 Å². The van der Waals surface area contributed by atoms with Crippen molar-refractivity contribution in [2.24, 2.45) is 0 Å². The van der Waals surface area contributed by atoms with E-state index in [1.54, 1.807) is 0 Å². The normalized spacial score (nSPS) is 13.7. The van der Waals surface area contributed by atoms with Crippen molar-refractivity contribution in [1.82, 2.24) is 0 Å². The number of carbonyl (C=O) groups excluding carboxylic acids is 1. The van der Waals surface area contributed by atoms with Crippen LogP contribution in [0, 0.1) is 0 Å². The number of ether oxygens (including phenoxy) is 2. The second-order valence-corrected chi connectivity index (χ2v) is 9.27. The number of esters is 1. The second kappa shape index (κ2) is 10.6. The molecule has 1 aliphatic rings. The Balaban J connectivity index is 1.67. The standard InChI is InChI=1S/C31H29ClN2O3/c1-4-34(5-2)21-15-16-24-29(19-21)37-28-17-14-20(33-27-13-9-8-12-26(27)32)18-25(28)30(24)22-10-6-7-11-23(22)31(35)36-3/h6-19,30,33H,4-5H2,1-3H3. The third kappa shape index (κ3) is 4.75. The third-order valence-corrected chi connectivity index (χ3v) is 7.14. The molecule has 0 aromatic heterocycles. The summed E-state index contributed by atoms with van der Waals surface area (Å²) in [4.78, 5) is 15.1. The predicted octanol–water partition coefficient (Wildman–Crippen LogP) is 8.00. The van der Waals surface area contributed by atoms with Crippen LogP contribution >= 0.6 is 11.6 Å². The fourth-order valence-corrected chi connectivity index (χ4v) is 5.15. The first-order valence-corrected chi connectivity index (χ1v) is 12.8. The van der Waals surface area contributed by atoms with E-state index < -0.39 is 0 Å². The molecular formula is C31H29ClN2O3. The minimum absolute atomic E-state index is 0.229. The van der Waals surface area contributed by atoms with Crippen molar-refractivity contribution < 1.29 is 14.3 Å². The predicted molar refractivity (Wildman–Crippen MR) is 150 cm³/mol. The highest BCUT2D eigenvalue weighted by Gasteiger charge is 2.32. The molecule has 0 saturated heterocycles. The average Bonchev–Trinajstić information content (AvgIpc) is 2.93. The number of nitrogens with one attached hydrogen (secondary N) is 1. The molecule has 188 valence electrons. The zero-order valence-electron chi connectivity index (χ0n) is 21.1. The molecule has 0 saturated carbocycles. The SMILES string of the molecule is CCN(CC)c1ccc2c(c1)Oc1ccc(Nc3ccccc3Cl)cc1C2c1ccccc1C(=O)OC. The van der Waals surface area contributed by atoms with Gasteiger partial charge in [0.05, 0.1) is 23.4 Å². The molecule has 0 radical (unpaired) electrons. The Morgan fingerprint density at radius 2 is 1.65 bits per heavy atom. The monoisotopic (exact) mass is 512 g/mol. The highest BCUT2D eigenvalue weighted by molar-refractivity contribution is 6.33. The number of para-hydroxylation sites is 1. The van der Waals surface area contributed by atoms with Gasteiger partial charge in [-0.1, -0.05) is 48.0 Å². The van der Waals surface area contributed by atoms with Crippen molar-refractivity contribution in [2.45, 2.75) is 19.8 Å². The van der Waals surface area contributed by atoms with Gasteiger partial charge in [0, 0.05) is 47.6 Å². The average molecular weight is 513 g/mol. The van der Waals surface area contributed by atoms with Gasteiger partial charge in [0.2, 0.25) is 0 Å². The molecule has 1 N–H and O–H groups in total. The molecule has 0 fully saturated rings. The fourth-order valence-electron chi connectivity index (χ4n) is 4.96. The topological polar surface area (TPSA) is 50.8 Å². The largest absolute Gasteiger partial charge is 0.465 e. The Hall–Kier alpha value is -3.96. The van der Waals surface area contributed by atoms with E-state index in [0.29, 0.717) is 10.6 Å². The molecule has 5 rings (SSSR count). The number of benzene rings is 4. The van der Waals surface area contributed by atoms with E-state index in [9.17, 15) is 4.79 Å². The summed E-state index contributed by atoms with van der Waals surface area (Å²) in [5, 5.41) is 4.06. The molecule has 0 amide bonds.